The van der Waals surface area contributed by atoms with Crippen molar-refractivity contribution >= 4 is 40.7 Å². The van der Waals surface area contributed by atoms with E-state index in [0.29, 0.717) is 18.9 Å². The van der Waals surface area contributed by atoms with Crippen molar-refractivity contribution in [2.24, 2.45) is 0 Å². The van der Waals surface area contributed by atoms with Gasteiger partial charge in [0.15, 0.2) is 0 Å². The standard InChI is InChI=1S/C23H19ClF3N5O3/c1-13(33)31-7-8-32-19(11-28-20(32)12-31)22(35)30-18-9-14(5-6-17(18)24)21(34)29-16-4-2-3-15(10-16)23(25,26)27/h2-6,9-11H,7-8,12H2,1H3,(H,29,34)(H,30,35). The smallest absolute Gasteiger partial charge is 0.334 e. The lowest BCUT2D eigenvalue weighted by Crippen LogP contribution is -2.38. The highest BCUT2D eigenvalue weighted by Crippen LogP contribution is 2.31. The molecule has 0 fully saturated rings. The number of imidazole rings is 1. The number of aromatic nitrogens is 2. The summed E-state index contributed by atoms with van der Waals surface area (Å²) in [5, 5.41) is 5.22. The first kappa shape index (κ1) is 24.3. The fourth-order valence-corrected chi connectivity index (χ4v) is 3.80. The van der Waals surface area contributed by atoms with Crippen LogP contribution >= 0.6 is 11.6 Å². The Bertz CT molecular complexity index is 1320. The molecule has 35 heavy (non-hydrogen) atoms. The van der Waals surface area contributed by atoms with Crippen LogP contribution in [0.1, 0.15) is 39.2 Å². The summed E-state index contributed by atoms with van der Waals surface area (Å²) in [5.41, 5.74) is -0.441. The maximum absolute atomic E-state index is 12.9. The Morgan fingerprint density at radius 1 is 1.03 bits per heavy atom. The van der Waals surface area contributed by atoms with Crippen molar-refractivity contribution in [1.82, 2.24) is 14.5 Å². The van der Waals surface area contributed by atoms with Gasteiger partial charge in [-0.3, -0.25) is 14.4 Å². The summed E-state index contributed by atoms with van der Waals surface area (Å²) in [6, 6.07) is 8.36. The second-order valence-corrected chi connectivity index (χ2v) is 8.24. The summed E-state index contributed by atoms with van der Waals surface area (Å²) >= 11 is 6.20. The second-order valence-electron chi connectivity index (χ2n) is 7.83. The third-order valence-corrected chi connectivity index (χ3v) is 5.80. The van der Waals surface area contributed by atoms with Gasteiger partial charge in [0.2, 0.25) is 5.91 Å². The molecule has 3 amide bonds. The number of alkyl halides is 3. The molecule has 1 aromatic heterocycles. The molecule has 2 aromatic carbocycles. The van der Waals surface area contributed by atoms with E-state index in [1.807, 2.05) is 0 Å². The fourth-order valence-electron chi connectivity index (χ4n) is 3.64. The van der Waals surface area contributed by atoms with Crippen molar-refractivity contribution in [1.29, 1.82) is 0 Å². The average molecular weight is 506 g/mol. The maximum Gasteiger partial charge on any atom is 0.416 e. The molecule has 0 saturated carbocycles. The van der Waals surface area contributed by atoms with Gasteiger partial charge in [-0.1, -0.05) is 17.7 Å². The lowest BCUT2D eigenvalue weighted by Gasteiger charge is -2.27. The van der Waals surface area contributed by atoms with Crippen molar-refractivity contribution in [3.8, 4) is 0 Å². The number of amides is 3. The molecule has 1 aliphatic rings. The van der Waals surface area contributed by atoms with Gasteiger partial charge in [-0.15, -0.1) is 0 Å². The average Bonchev–Trinajstić information content (AvgIpc) is 3.23. The van der Waals surface area contributed by atoms with E-state index in [0.717, 1.165) is 12.1 Å². The number of rotatable bonds is 4. The number of fused-ring (bicyclic) bond motifs is 1. The third kappa shape index (κ3) is 5.29. The van der Waals surface area contributed by atoms with Crippen molar-refractivity contribution in [2.75, 3.05) is 17.2 Å². The molecule has 3 aromatic rings. The highest BCUT2D eigenvalue weighted by molar-refractivity contribution is 6.34. The number of benzene rings is 2. The second kappa shape index (κ2) is 9.41. The lowest BCUT2D eigenvalue weighted by atomic mass is 10.1. The van der Waals surface area contributed by atoms with Crippen LogP contribution in [-0.2, 0) is 24.1 Å². The topological polar surface area (TPSA) is 96.3 Å². The number of carbonyl (C=O) groups is 3. The molecule has 4 rings (SSSR count). The van der Waals surface area contributed by atoms with Crippen LogP contribution in [0.25, 0.3) is 0 Å². The summed E-state index contributed by atoms with van der Waals surface area (Å²) in [6.45, 7) is 2.58. The minimum atomic E-state index is -4.55. The summed E-state index contributed by atoms with van der Waals surface area (Å²) in [4.78, 5) is 43.0. The molecule has 8 nitrogen and oxygen atoms in total. The van der Waals surface area contributed by atoms with E-state index in [2.05, 4.69) is 15.6 Å². The molecular formula is C23H19ClF3N5O3. The summed E-state index contributed by atoms with van der Waals surface area (Å²) in [6.07, 6.45) is -3.15. The van der Waals surface area contributed by atoms with E-state index in [1.165, 1.54) is 43.5 Å². The van der Waals surface area contributed by atoms with Crippen molar-refractivity contribution in [3.05, 3.63) is 76.3 Å². The Morgan fingerprint density at radius 2 is 1.80 bits per heavy atom. The Balaban J connectivity index is 1.50. The van der Waals surface area contributed by atoms with Crippen LogP contribution < -0.4 is 10.6 Å². The normalized spacial score (nSPS) is 13.2. The van der Waals surface area contributed by atoms with Crippen LogP contribution in [-0.4, -0.2) is 38.7 Å². The monoisotopic (exact) mass is 505 g/mol. The Labute approximate surface area is 202 Å². The molecule has 1 aliphatic heterocycles. The molecule has 2 N–H and O–H groups in total. The predicted octanol–water partition coefficient (Wildman–Crippen LogP) is 4.42. The number of hydrogen-bond acceptors (Lipinski definition) is 4. The molecule has 0 radical (unpaired) electrons. The Morgan fingerprint density at radius 3 is 2.51 bits per heavy atom. The number of hydrogen-bond donors (Lipinski definition) is 2. The lowest BCUT2D eigenvalue weighted by molar-refractivity contribution is -0.137. The van der Waals surface area contributed by atoms with Crippen LogP contribution in [0.4, 0.5) is 24.5 Å². The SMILES string of the molecule is CC(=O)N1CCn2c(C(=O)Nc3cc(C(=O)Nc4cccc(C(F)(F)F)c4)ccc3Cl)cnc2C1. The van der Waals surface area contributed by atoms with Crippen molar-refractivity contribution in [2.45, 2.75) is 26.2 Å². The van der Waals surface area contributed by atoms with Gasteiger partial charge in [0.1, 0.15) is 11.5 Å². The van der Waals surface area contributed by atoms with Crippen molar-refractivity contribution < 1.29 is 27.6 Å². The van der Waals surface area contributed by atoms with Gasteiger partial charge in [-0.05, 0) is 36.4 Å². The zero-order valence-electron chi connectivity index (χ0n) is 18.3. The van der Waals surface area contributed by atoms with E-state index < -0.39 is 23.6 Å². The zero-order chi connectivity index (χ0) is 25.3. The first-order valence-corrected chi connectivity index (χ1v) is 10.8. The molecule has 2 heterocycles. The third-order valence-electron chi connectivity index (χ3n) is 5.47. The van der Waals surface area contributed by atoms with E-state index >= 15 is 0 Å². The fraction of sp³-hybridized carbons (Fsp3) is 0.217. The van der Waals surface area contributed by atoms with Gasteiger partial charge < -0.3 is 20.1 Å². The van der Waals surface area contributed by atoms with Crippen LogP contribution in [0, 0.1) is 0 Å². The minimum absolute atomic E-state index is 0.0316. The first-order chi connectivity index (χ1) is 16.5. The van der Waals surface area contributed by atoms with Crippen LogP contribution in [0.5, 0.6) is 0 Å². The molecule has 0 aliphatic carbocycles. The molecule has 182 valence electrons. The van der Waals surface area contributed by atoms with E-state index in [-0.39, 0.29) is 40.1 Å². The highest BCUT2D eigenvalue weighted by Gasteiger charge is 2.30. The van der Waals surface area contributed by atoms with Crippen LogP contribution in [0.15, 0.2) is 48.7 Å². The minimum Gasteiger partial charge on any atom is -0.334 e. The van der Waals surface area contributed by atoms with E-state index in [9.17, 15) is 27.6 Å². The highest BCUT2D eigenvalue weighted by atomic mass is 35.5. The molecular weight excluding hydrogens is 487 g/mol. The number of nitrogens with zero attached hydrogens (tertiary/aromatic N) is 3. The first-order valence-electron chi connectivity index (χ1n) is 10.4. The molecule has 12 heteroatoms. The van der Waals surface area contributed by atoms with Crippen LogP contribution in [0.3, 0.4) is 0 Å². The van der Waals surface area contributed by atoms with Gasteiger partial charge in [0.05, 0.1) is 29.0 Å². The maximum atomic E-state index is 12.9. The molecule has 0 spiro atoms. The van der Waals surface area contributed by atoms with E-state index in [4.69, 9.17) is 11.6 Å². The molecule has 0 saturated heterocycles. The van der Waals surface area contributed by atoms with Gasteiger partial charge >= 0.3 is 6.18 Å². The Hall–Kier alpha value is -3.86. The van der Waals surface area contributed by atoms with Gasteiger partial charge in [0, 0.05) is 31.3 Å². The van der Waals surface area contributed by atoms with Crippen molar-refractivity contribution in [3.63, 3.8) is 0 Å². The Kier molecular flexibility index (Phi) is 6.53. The number of nitrogens with one attached hydrogen (secondary N) is 2. The van der Waals surface area contributed by atoms with E-state index in [1.54, 1.807) is 9.47 Å². The summed E-state index contributed by atoms with van der Waals surface area (Å²) in [5.74, 6) is -0.714. The zero-order valence-corrected chi connectivity index (χ0v) is 19.1. The van der Waals surface area contributed by atoms with Crippen LogP contribution in [0.2, 0.25) is 5.02 Å². The number of halogens is 4. The predicted molar refractivity (Wildman–Crippen MR) is 122 cm³/mol. The quantitative estimate of drug-likeness (QED) is 0.548. The molecule has 0 unspecified atom stereocenters. The summed E-state index contributed by atoms with van der Waals surface area (Å²) in [7, 11) is 0. The summed E-state index contributed by atoms with van der Waals surface area (Å²) < 4.78 is 40.5. The molecule has 0 bridgehead atoms. The van der Waals surface area contributed by atoms with Gasteiger partial charge in [0.25, 0.3) is 11.8 Å². The number of carbonyl (C=O) groups excluding carboxylic acids is 3. The molecule has 0 atom stereocenters. The van der Waals surface area contributed by atoms with Gasteiger partial charge in [-0.2, -0.15) is 13.2 Å². The largest absolute Gasteiger partial charge is 0.416 e. The van der Waals surface area contributed by atoms with Gasteiger partial charge in [-0.25, -0.2) is 4.98 Å². The number of anilines is 2.